The normalized spacial score (nSPS) is 8.75. The molecule has 8 heavy (non-hydrogen) atoms. The summed E-state index contributed by atoms with van der Waals surface area (Å²) < 4.78 is 0. The minimum atomic E-state index is 0.0874. The molecule has 0 aliphatic carbocycles. The summed E-state index contributed by atoms with van der Waals surface area (Å²) in [5.41, 5.74) is 0. The Morgan fingerprint density at radius 2 is 2.38 bits per heavy atom. The van der Waals surface area contributed by atoms with E-state index in [1.54, 1.807) is 28.6 Å². The quantitative estimate of drug-likeness (QED) is 0.603. The molecule has 0 rings (SSSR count). The van der Waals surface area contributed by atoms with Crippen molar-refractivity contribution in [3.8, 4) is 0 Å². The predicted octanol–water partition coefficient (Wildman–Crippen LogP) is 0.744. The molecule has 0 saturated heterocycles. The number of hydrogen-bond acceptors (Lipinski definition) is 3. The van der Waals surface area contributed by atoms with E-state index in [2.05, 4.69) is 5.32 Å². The summed E-state index contributed by atoms with van der Waals surface area (Å²) >= 11 is 0. The van der Waals surface area contributed by atoms with Crippen molar-refractivity contribution in [3.05, 3.63) is 0 Å². The van der Waals surface area contributed by atoms with Crippen LogP contribution >= 0.6 is 21.6 Å². The Morgan fingerprint density at radius 3 is 2.75 bits per heavy atom. The van der Waals surface area contributed by atoms with E-state index in [4.69, 9.17) is 0 Å². The molecular formula is C4H9NOS2. The van der Waals surface area contributed by atoms with Crippen molar-refractivity contribution in [2.75, 3.05) is 19.1 Å². The molecule has 0 aliphatic heterocycles. The van der Waals surface area contributed by atoms with E-state index < -0.39 is 0 Å². The highest BCUT2D eigenvalue weighted by molar-refractivity contribution is 8.76. The molecule has 0 bridgehead atoms. The second-order valence-electron chi connectivity index (χ2n) is 1.10. The Balaban J connectivity index is 2.99. The van der Waals surface area contributed by atoms with Gasteiger partial charge in [-0.3, -0.25) is 4.79 Å². The van der Waals surface area contributed by atoms with Gasteiger partial charge in [0.2, 0.25) is 5.91 Å². The predicted molar refractivity (Wildman–Crippen MR) is 40.0 cm³/mol. The lowest BCUT2D eigenvalue weighted by atomic mass is 10.7. The van der Waals surface area contributed by atoms with Crippen molar-refractivity contribution in [1.82, 2.24) is 5.32 Å². The maximum atomic E-state index is 10.4. The van der Waals surface area contributed by atoms with Crippen molar-refractivity contribution in [3.63, 3.8) is 0 Å². The van der Waals surface area contributed by atoms with Gasteiger partial charge in [0.05, 0.1) is 5.75 Å². The molecule has 0 radical (unpaired) electrons. The third-order valence-corrected chi connectivity index (χ3v) is 2.26. The fraction of sp³-hybridized carbons (Fsp3) is 0.750. The van der Waals surface area contributed by atoms with Crippen LogP contribution < -0.4 is 5.32 Å². The van der Waals surface area contributed by atoms with Gasteiger partial charge in [0.1, 0.15) is 0 Å². The molecule has 2 nitrogen and oxygen atoms in total. The number of hydrogen-bond donors (Lipinski definition) is 1. The van der Waals surface area contributed by atoms with Crippen LogP contribution in [0.3, 0.4) is 0 Å². The summed E-state index contributed by atoms with van der Waals surface area (Å²) in [5.74, 6) is 0.641. The van der Waals surface area contributed by atoms with Gasteiger partial charge in [0.25, 0.3) is 0 Å². The molecule has 0 heterocycles. The minimum Gasteiger partial charge on any atom is -0.358 e. The number of rotatable bonds is 3. The first-order valence-corrected chi connectivity index (χ1v) is 4.90. The van der Waals surface area contributed by atoms with Gasteiger partial charge in [-0.1, -0.05) is 21.6 Å². The van der Waals surface area contributed by atoms with Crippen molar-refractivity contribution in [1.29, 1.82) is 0 Å². The maximum Gasteiger partial charge on any atom is 0.230 e. The first-order valence-electron chi connectivity index (χ1n) is 2.17. The lowest BCUT2D eigenvalue weighted by molar-refractivity contribution is -0.118. The van der Waals surface area contributed by atoms with Crippen LogP contribution in [-0.2, 0) is 4.79 Å². The molecule has 0 aliphatic rings. The fourth-order valence-corrected chi connectivity index (χ4v) is 1.23. The summed E-state index contributed by atoms with van der Waals surface area (Å²) in [6.45, 7) is 0. The zero-order valence-corrected chi connectivity index (χ0v) is 6.56. The second-order valence-corrected chi connectivity index (χ2v) is 3.67. The zero-order valence-electron chi connectivity index (χ0n) is 4.93. The lowest BCUT2D eigenvalue weighted by Crippen LogP contribution is -2.19. The van der Waals surface area contributed by atoms with Crippen LogP contribution in [0.2, 0.25) is 0 Å². The van der Waals surface area contributed by atoms with Crippen LogP contribution in [0.15, 0.2) is 0 Å². The van der Waals surface area contributed by atoms with Gasteiger partial charge in [-0.05, 0) is 6.26 Å². The lowest BCUT2D eigenvalue weighted by Gasteiger charge is -1.93. The zero-order chi connectivity index (χ0) is 6.41. The highest BCUT2D eigenvalue weighted by atomic mass is 33.1. The van der Waals surface area contributed by atoms with Crippen LogP contribution in [0.4, 0.5) is 0 Å². The van der Waals surface area contributed by atoms with E-state index in [-0.39, 0.29) is 5.91 Å². The summed E-state index contributed by atoms with van der Waals surface area (Å²) in [4.78, 5) is 10.4. The van der Waals surface area contributed by atoms with E-state index in [9.17, 15) is 4.79 Å². The molecule has 1 N–H and O–H groups in total. The van der Waals surface area contributed by atoms with Crippen LogP contribution in [0.1, 0.15) is 0 Å². The molecule has 0 spiro atoms. The minimum absolute atomic E-state index is 0.0874. The van der Waals surface area contributed by atoms with Crippen molar-refractivity contribution >= 4 is 27.5 Å². The molecular weight excluding hydrogens is 142 g/mol. The molecule has 0 saturated carbocycles. The van der Waals surface area contributed by atoms with Gasteiger partial charge < -0.3 is 5.32 Å². The molecule has 4 heteroatoms. The molecule has 0 atom stereocenters. The second kappa shape index (κ2) is 5.31. The van der Waals surface area contributed by atoms with Crippen LogP contribution in [0.5, 0.6) is 0 Å². The summed E-state index contributed by atoms with van der Waals surface area (Å²) in [6.07, 6.45) is 1.95. The SMILES string of the molecule is CNC(=O)CSSC. The van der Waals surface area contributed by atoms with Gasteiger partial charge in [-0.15, -0.1) is 0 Å². The summed E-state index contributed by atoms with van der Waals surface area (Å²) in [5, 5.41) is 2.53. The summed E-state index contributed by atoms with van der Waals surface area (Å²) in [6, 6.07) is 0. The molecule has 1 amide bonds. The van der Waals surface area contributed by atoms with E-state index in [1.807, 2.05) is 6.26 Å². The number of carbonyl (C=O) groups excluding carboxylic acids is 1. The van der Waals surface area contributed by atoms with E-state index in [0.717, 1.165) is 0 Å². The monoisotopic (exact) mass is 151 g/mol. The number of nitrogens with one attached hydrogen (secondary N) is 1. The van der Waals surface area contributed by atoms with Crippen LogP contribution in [-0.4, -0.2) is 25.0 Å². The topological polar surface area (TPSA) is 29.1 Å². The number of amides is 1. The molecule has 0 unspecified atom stereocenters. The summed E-state index contributed by atoms with van der Waals surface area (Å²) in [7, 11) is 4.79. The van der Waals surface area contributed by atoms with E-state index in [1.165, 1.54) is 0 Å². The molecule has 0 fully saturated rings. The van der Waals surface area contributed by atoms with Crippen molar-refractivity contribution in [2.24, 2.45) is 0 Å². The molecule has 0 aromatic rings. The third kappa shape index (κ3) is 4.33. The average molecular weight is 151 g/mol. The van der Waals surface area contributed by atoms with Gasteiger partial charge in [0, 0.05) is 7.05 Å². The Labute approximate surface area is 57.2 Å². The molecule has 48 valence electrons. The van der Waals surface area contributed by atoms with Crippen LogP contribution in [0.25, 0.3) is 0 Å². The Kier molecular flexibility index (Phi) is 5.42. The first kappa shape index (κ1) is 8.17. The van der Waals surface area contributed by atoms with Gasteiger partial charge in [0.15, 0.2) is 0 Å². The van der Waals surface area contributed by atoms with Gasteiger partial charge >= 0.3 is 0 Å². The van der Waals surface area contributed by atoms with E-state index >= 15 is 0 Å². The first-order chi connectivity index (χ1) is 3.81. The Morgan fingerprint density at radius 1 is 1.75 bits per heavy atom. The average Bonchev–Trinajstić information content (AvgIpc) is 1.83. The Hall–Kier alpha value is 0.170. The van der Waals surface area contributed by atoms with E-state index in [0.29, 0.717) is 5.75 Å². The Bertz CT molecular complexity index is 76.4. The maximum absolute atomic E-state index is 10.4. The smallest absolute Gasteiger partial charge is 0.230 e. The highest BCUT2D eigenvalue weighted by Gasteiger charge is 1.93. The van der Waals surface area contributed by atoms with Gasteiger partial charge in [-0.25, -0.2) is 0 Å². The number of carbonyl (C=O) groups is 1. The van der Waals surface area contributed by atoms with Crippen molar-refractivity contribution < 1.29 is 4.79 Å². The molecule has 0 aromatic carbocycles. The van der Waals surface area contributed by atoms with Crippen molar-refractivity contribution in [2.45, 2.75) is 0 Å². The fourth-order valence-electron chi connectivity index (χ4n) is 0.185. The molecule has 0 aromatic heterocycles. The standard InChI is InChI=1S/C4H9NOS2/c1-5-4(6)3-8-7-2/h3H2,1-2H3,(H,5,6). The largest absolute Gasteiger partial charge is 0.358 e. The van der Waals surface area contributed by atoms with Gasteiger partial charge in [-0.2, -0.15) is 0 Å². The highest BCUT2D eigenvalue weighted by Crippen LogP contribution is 2.15. The van der Waals surface area contributed by atoms with Crippen LogP contribution in [0, 0.1) is 0 Å². The third-order valence-electron chi connectivity index (χ3n) is 0.587.